The molecule has 0 aliphatic heterocycles. The molecular formula is C17H13N3O2. The Labute approximate surface area is 127 Å². The second kappa shape index (κ2) is 6.49. The van der Waals surface area contributed by atoms with Crippen LogP contribution >= 0.6 is 0 Å². The van der Waals surface area contributed by atoms with Gasteiger partial charge in [0.05, 0.1) is 6.20 Å². The number of rotatable bonds is 4. The fourth-order valence-corrected chi connectivity index (χ4v) is 1.91. The summed E-state index contributed by atoms with van der Waals surface area (Å²) in [5.74, 6) is 0.500. The van der Waals surface area contributed by atoms with E-state index in [1.165, 1.54) is 12.5 Å². The minimum Gasteiger partial charge on any atom is -0.444 e. The summed E-state index contributed by atoms with van der Waals surface area (Å²) < 4.78 is 5.21. The molecule has 0 radical (unpaired) electrons. The average molecular weight is 291 g/mol. The quantitative estimate of drug-likeness (QED) is 0.748. The summed E-state index contributed by atoms with van der Waals surface area (Å²) in [6.07, 6.45) is 9.61. The van der Waals surface area contributed by atoms with E-state index in [1.807, 2.05) is 36.4 Å². The van der Waals surface area contributed by atoms with Gasteiger partial charge in [-0.3, -0.25) is 9.78 Å². The molecule has 2 heterocycles. The first-order chi connectivity index (χ1) is 10.8. The Kier molecular flexibility index (Phi) is 4.06. The topological polar surface area (TPSA) is 68.0 Å². The second-order valence-corrected chi connectivity index (χ2v) is 4.55. The third-order valence-corrected chi connectivity index (χ3v) is 3.00. The summed E-state index contributed by atoms with van der Waals surface area (Å²) in [5.41, 5.74) is 2.54. The molecule has 1 aromatic carbocycles. The lowest BCUT2D eigenvalue weighted by Crippen LogP contribution is -2.07. The molecule has 0 saturated heterocycles. The summed E-state index contributed by atoms with van der Waals surface area (Å²) in [6, 6.07) is 11.0. The maximum Gasteiger partial charge on any atom is 0.248 e. The summed E-state index contributed by atoms with van der Waals surface area (Å²) in [4.78, 5) is 19.7. The second-order valence-electron chi connectivity index (χ2n) is 4.55. The van der Waals surface area contributed by atoms with Crippen LogP contribution in [0.4, 0.5) is 5.69 Å². The number of amides is 1. The maximum atomic E-state index is 11.9. The van der Waals surface area contributed by atoms with Crippen LogP contribution in [-0.4, -0.2) is 15.9 Å². The van der Waals surface area contributed by atoms with E-state index in [1.54, 1.807) is 24.7 Å². The van der Waals surface area contributed by atoms with Gasteiger partial charge in [0, 0.05) is 29.7 Å². The van der Waals surface area contributed by atoms with Crippen molar-refractivity contribution in [2.45, 2.75) is 0 Å². The van der Waals surface area contributed by atoms with E-state index in [9.17, 15) is 4.79 Å². The minimum absolute atomic E-state index is 0.191. The van der Waals surface area contributed by atoms with Gasteiger partial charge in [-0.1, -0.05) is 0 Å². The molecule has 0 spiro atoms. The average Bonchev–Trinajstić information content (AvgIpc) is 3.09. The zero-order valence-electron chi connectivity index (χ0n) is 11.6. The third kappa shape index (κ3) is 3.46. The van der Waals surface area contributed by atoms with Gasteiger partial charge in [-0.15, -0.1) is 0 Å². The molecule has 3 aromatic rings. The normalized spacial score (nSPS) is 10.7. The third-order valence-electron chi connectivity index (χ3n) is 3.00. The van der Waals surface area contributed by atoms with Crippen molar-refractivity contribution in [2.24, 2.45) is 0 Å². The van der Waals surface area contributed by atoms with Gasteiger partial charge in [-0.25, -0.2) is 4.98 Å². The molecule has 0 aliphatic rings. The van der Waals surface area contributed by atoms with E-state index in [4.69, 9.17) is 4.42 Å². The van der Waals surface area contributed by atoms with Gasteiger partial charge in [-0.05, 0) is 48.0 Å². The van der Waals surface area contributed by atoms with Crippen molar-refractivity contribution in [3.63, 3.8) is 0 Å². The Bertz CT molecular complexity index is 763. The van der Waals surface area contributed by atoms with Crippen molar-refractivity contribution >= 4 is 17.7 Å². The van der Waals surface area contributed by atoms with Crippen LogP contribution < -0.4 is 5.32 Å². The van der Waals surface area contributed by atoms with E-state index < -0.39 is 0 Å². The van der Waals surface area contributed by atoms with Gasteiger partial charge in [0.15, 0.2) is 12.2 Å². The van der Waals surface area contributed by atoms with E-state index in [0.717, 1.165) is 11.1 Å². The zero-order valence-corrected chi connectivity index (χ0v) is 11.6. The fourth-order valence-electron chi connectivity index (χ4n) is 1.91. The van der Waals surface area contributed by atoms with Crippen LogP contribution in [-0.2, 0) is 4.79 Å². The van der Waals surface area contributed by atoms with Crippen LogP contribution in [0.5, 0.6) is 0 Å². The molecule has 2 aromatic heterocycles. The highest BCUT2D eigenvalue weighted by molar-refractivity contribution is 6.02. The van der Waals surface area contributed by atoms with E-state index in [2.05, 4.69) is 15.3 Å². The number of aromatic nitrogens is 2. The number of oxazole rings is 1. The molecule has 1 N–H and O–H groups in total. The first kappa shape index (κ1) is 13.8. The Hall–Kier alpha value is -3.21. The Morgan fingerprint density at radius 3 is 2.50 bits per heavy atom. The number of nitrogens with zero attached hydrogens (tertiary/aromatic N) is 2. The summed E-state index contributed by atoms with van der Waals surface area (Å²) in [6.45, 7) is 0. The number of carbonyl (C=O) groups is 1. The molecule has 5 nitrogen and oxygen atoms in total. The molecule has 22 heavy (non-hydrogen) atoms. The zero-order chi connectivity index (χ0) is 15.2. The number of carbonyl (C=O) groups excluding carboxylic acids is 1. The van der Waals surface area contributed by atoms with Crippen molar-refractivity contribution in [2.75, 3.05) is 5.32 Å². The first-order valence-electron chi connectivity index (χ1n) is 6.69. The lowest BCUT2D eigenvalue weighted by molar-refractivity contribution is -0.111. The van der Waals surface area contributed by atoms with Gasteiger partial charge >= 0.3 is 0 Å². The number of anilines is 1. The predicted molar refractivity (Wildman–Crippen MR) is 83.8 cm³/mol. The monoisotopic (exact) mass is 291 g/mol. The van der Waals surface area contributed by atoms with Gasteiger partial charge in [0.25, 0.3) is 0 Å². The molecule has 0 unspecified atom stereocenters. The van der Waals surface area contributed by atoms with Gasteiger partial charge in [0.1, 0.15) is 0 Å². The van der Waals surface area contributed by atoms with Gasteiger partial charge in [0.2, 0.25) is 5.91 Å². The molecular weight excluding hydrogens is 278 g/mol. The van der Waals surface area contributed by atoms with Crippen molar-refractivity contribution < 1.29 is 9.21 Å². The van der Waals surface area contributed by atoms with Crippen LogP contribution in [0.25, 0.3) is 17.4 Å². The van der Waals surface area contributed by atoms with Crippen molar-refractivity contribution in [3.05, 3.63) is 73.0 Å². The predicted octanol–water partition coefficient (Wildman–Crippen LogP) is 3.39. The van der Waals surface area contributed by atoms with Crippen LogP contribution in [0, 0.1) is 0 Å². The fraction of sp³-hybridized carbons (Fsp3) is 0. The highest BCUT2D eigenvalue weighted by atomic mass is 16.3. The number of hydrogen-bond donors (Lipinski definition) is 1. The van der Waals surface area contributed by atoms with E-state index in [-0.39, 0.29) is 5.91 Å². The molecule has 5 heteroatoms. The molecule has 0 aliphatic carbocycles. The Morgan fingerprint density at radius 1 is 1.05 bits per heavy atom. The maximum absolute atomic E-state index is 11.9. The van der Waals surface area contributed by atoms with Crippen molar-refractivity contribution in [1.82, 2.24) is 9.97 Å². The van der Waals surface area contributed by atoms with Crippen molar-refractivity contribution in [1.29, 1.82) is 0 Å². The molecule has 0 atom stereocenters. The van der Waals surface area contributed by atoms with Crippen molar-refractivity contribution in [3.8, 4) is 11.3 Å². The van der Waals surface area contributed by atoms with E-state index >= 15 is 0 Å². The number of hydrogen-bond acceptors (Lipinski definition) is 4. The SMILES string of the molecule is O=C(C=Cc1ccncc1)Nc1ccc(-c2cnco2)cc1. The van der Waals surface area contributed by atoms with Crippen LogP contribution in [0.2, 0.25) is 0 Å². The molecule has 3 rings (SSSR count). The van der Waals surface area contributed by atoms with Gasteiger partial charge < -0.3 is 9.73 Å². The highest BCUT2D eigenvalue weighted by Gasteiger charge is 2.02. The summed E-state index contributed by atoms with van der Waals surface area (Å²) in [5, 5.41) is 2.80. The minimum atomic E-state index is -0.191. The molecule has 0 fully saturated rings. The molecule has 1 amide bonds. The number of benzene rings is 1. The van der Waals surface area contributed by atoms with E-state index in [0.29, 0.717) is 11.4 Å². The lowest BCUT2D eigenvalue weighted by Gasteiger charge is -2.03. The smallest absolute Gasteiger partial charge is 0.248 e. The lowest BCUT2D eigenvalue weighted by atomic mass is 10.1. The Morgan fingerprint density at radius 2 is 1.82 bits per heavy atom. The molecule has 108 valence electrons. The first-order valence-corrected chi connectivity index (χ1v) is 6.69. The summed E-state index contributed by atoms with van der Waals surface area (Å²) >= 11 is 0. The number of pyridine rings is 1. The van der Waals surface area contributed by atoms with Gasteiger partial charge in [-0.2, -0.15) is 0 Å². The molecule has 0 saturated carbocycles. The van der Waals surface area contributed by atoms with Crippen LogP contribution in [0.1, 0.15) is 5.56 Å². The standard InChI is InChI=1S/C17H13N3O2/c21-17(6-1-13-7-9-18-10-8-13)20-15-4-2-14(3-5-15)16-11-19-12-22-16/h1-12H,(H,20,21). The molecule has 0 bridgehead atoms. The Balaban J connectivity index is 1.63. The van der Waals surface area contributed by atoms with Crippen LogP contribution in [0.15, 0.2) is 71.9 Å². The van der Waals surface area contributed by atoms with Crippen LogP contribution in [0.3, 0.4) is 0 Å². The number of nitrogens with one attached hydrogen (secondary N) is 1. The summed E-state index contributed by atoms with van der Waals surface area (Å²) in [7, 11) is 0. The highest BCUT2D eigenvalue weighted by Crippen LogP contribution is 2.20. The largest absolute Gasteiger partial charge is 0.444 e.